The first-order valence-corrected chi connectivity index (χ1v) is 6.77. The van der Waals surface area contributed by atoms with Gasteiger partial charge in [0.05, 0.1) is 19.8 Å². The Bertz CT molecular complexity index is 380. The van der Waals surface area contributed by atoms with Crippen LogP contribution in [-0.2, 0) is 0 Å². The summed E-state index contributed by atoms with van der Waals surface area (Å²) in [6.07, 6.45) is 0. The molecule has 0 saturated heterocycles. The highest BCUT2D eigenvalue weighted by Gasteiger charge is 2.26. The van der Waals surface area contributed by atoms with E-state index in [1.54, 1.807) is 7.11 Å². The van der Waals surface area contributed by atoms with Crippen LogP contribution < -0.4 is 10.5 Å². The molecule has 19 heavy (non-hydrogen) atoms. The van der Waals surface area contributed by atoms with Crippen molar-refractivity contribution in [3.63, 3.8) is 0 Å². The van der Waals surface area contributed by atoms with Crippen molar-refractivity contribution < 1.29 is 9.84 Å². The molecule has 3 N–H and O–H groups in total. The van der Waals surface area contributed by atoms with Crippen LogP contribution in [0.4, 0.5) is 0 Å². The molecular formula is C15H26N2O2. The van der Waals surface area contributed by atoms with Crippen molar-refractivity contribution in [2.45, 2.75) is 38.9 Å². The first kappa shape index (κ1) is 16.0. The quantitative estimate of drug-likeness (QED) is 0.790. The van der Waals surface area contributed by atoms with Gasteiger partial charge in [0.25, 0.3) is 0 Å². The van der Waals surface area contributed by atoms with Gasteiger partial charge in [0.1, 0.15) is 5.75 Å². The number of aliphatic hydroxyl groups excluding tert-OH is 1. The van der Waals surface area contributed by atoms with E-state index in [0.29, 0.717) is 12.6 Å². The number of ether oxygens (including phenoxy) is 1. The number of aliphatic hydroxyl groups is 1. The molecule has 0 fully saturated rings. The third-order valence-corrected chi connectivity index (χ3v) is 3.31. The van der Waals surface area contributed by atoms with E-state index >= 15 is 0 Å². The average molecular weight is 266 g/mol. The van der Waals surface area contributed by atoms with E-state index in [-0.39, 0.29) is 18.7 Å². The van der Waals surface area contributed by atoms with E-state index in [9.17, 15) is 5.11 Å². The Balaban J connectivity index is 3.10. The summed E-state index contributed by atoms with van der Waals surface area (Å²) in [4.78, 5) is 2.22. The standard InChI is InChI=1S/C15H26N2O2/c1-11(2)17(8-9-18)15(12(3)16)13-6-5-7-14(10-13)19-4/h5-7,10-12,15,18H,8-9,16H2,1-4H3. The van der Waals surface area contributed by atoms with E-state index in [1.807, 2.05) is 25.1 Å². The summed E-state index contributed by atoms with van der Waals surface area (Å²) in [5, 5.41) is 9.26. The average Bonchev–Trinajstić information content (AvgIpc) is 2.38. The Morgan fingerprint density at radius 3 is 2.47 bits per heavy atom. The summed E-state index contributed by atoms with van der Waals surface area (Å²) in [6, 6.07) is 8.33. The molecule has 2 unspecified atom stereocenters. The second-order valence-electron chi connectivity index (χ2n) is 5.14. The molecule has 0 heterocycles. The fourth-order valence-corrected chi connectivity index (χ4v) is 2.46. The van der Waals surface area contributed by atoms with Crippen LogP contribution in [0.15, 0.2) is 24.3 Å². The number of hydrogen-bond acceptors (Lipinski definition) is 4. The summed E-state index contributed by atoms with van der Waals surface area (Å²) < 4.78 is 5.28. The zero-order chi connectivity index (χ0) is 14.4. The minimum Gasteiger partial charge on any atom is -0.497 e. The molecule has 1 aromatic carbocycles. The van der Waals surface area contributed by atoms with E-state index in [2.05, 4.69) is 24.8 Å². The zero-order valence-corrected chi connectivity index (χ0v) is 12.3. The Morgan fingerprint density at radius 2 is 2.00 bits per heavy atom. The molecule has 2 atom stereocenters. The molecule has 1 rings (SSSR count). The molecule has 0 bridgehead atoms. The maximum absolute atomic E-state index is 9.26. The maximum Gasteiger partial charge on any atom is 0.119 e. The fourth-order valence-electron chi connectivity index (χ4n) is 2.46. The summed E-state index contributed by atoms with van der Waals surface area (Å²) in [6.45, 7) is 6.97. The Hall–Kier alpha value is -1.10. The number of nitrogens with zero attached hydrogens (tertiary/aromatic N) is 1. The molecular weight excluding hydrogens is 240 g/mol. The van der Waals surface area contributed by atoms with Crippen LogP contribution in [0.3, 0.4) is 0 Å². The number of hydrogen-bond donors (Lipinski definition) is 2. The van der Waals surface area contributed by atoms with Crippen LogP contribution in [0, 0.1) is 0 Å². The Kier molecular flexibility index (Phi) is 6.28. The molecule has 0 saturated carbocycles. The van der Waals surface area contributed by atoms with Crippen molar-refractivity contribution in [2.24, 2.45) is 5.73 Å². The van der Waals surface area contributed by atoms with Gasteiger partial charge in [0.2, 0.25) is 0 Å². The van der Waals surface area contributed by atoms with Gasteiger partial charge in [-0.25, -0.2) is 0 Å². The minimum atomic E-state index is -0.0268. The lowest BCUT2D eigenvalue weighted by molar-refractivity contribution is 0.105. The lowest BCUT2D eigenvalue weighted by Crippen LogP contribution is -2.44. The van der Waals surface area contributed by atoms with E-state index in [0.717, 1.165) is 11.3 Å². The van der Waals surface area contributed by atoms with Crippen LogP contribution in [0.5, 0.6) is 5.75 Å². The van der Waals surface area contributed by atoms with Crippen LogP contribution in [0.25, 0.3) is 0 Å². The van der Waals surface area contributed by atoms with Crippen molar-refractivity contribution in [1.29, 1.82) is 0 Å². The van der Waals surface area contributed by atoms with Gasteiger partial charge in [0.15, 0.2) is 0 Å². The highest BCUT2D eigenvalue weighted by atomic mass is 16.5. The van der Waals surface area contributed by atoms with Gasteiger partial charge >= 0.3 is 0 Å². The lowest BCUT2D eigenvalue weighted by Gasteiger charge is -2.37. The first-order chi connectivity index (χ1) is 9.01. The Morgan fingerprint density at radius 1 is 1.32 bits per heavy atom. The third-order valence-electron chi connectivity index (χ3n) is 3.31. The van der Waals surface area contributed by atoms with E-state index < -0.39 is 0 Å². The van der Waals surface area contributed by atoms with Crippen LogP contribution in [0.1, 0.15) is 32.4 Å². The predicted molar refractivity (Wildman–Crippen MR) is 78.3 cm³/mol. The molecule has 4 heteroatoms. The van der Waals surface area contributed by atoms with Crippen LogP contribution >= 0.6 is 0 Å². The van der Waals surface area contributed by atoms with Gasteiger partial charge in [0, 0.05) is 18.6 Å². The van der Waals surface area contributed by atoms with Crippen molar-refractivity contribution >= 4 is 0 Å². The van der Waals surface area contributed by atoms with Crippen molar-refractivity contribution in [2.75, 3.05) is 20.3 Å². The number of methoxy groups -OCH3 is 1. The van der Waals surface area contributed by atoms with Crippen LogP contribution in [-0.4, -0.2) is 42.4 Å². The van der Waals surface area contributed by atoms with Gasteiger partial charge in [-0.2, -0.15) is 0 Å². The van der Waals surface area contributed by atoms with Crippen molar-refractivity contribution in [3.8, 4) is 5.75 Å². The van der Waals surface area contributed by atoms with E-state index in [1.165, 1.54) is 0 Å². The van der Waals surface area contributed by atoms with Gasteiger partial charge in [-0.05, 0) is 38.5 Å². The second kappa shape index (κ2) is 7.48. The summed E-state index contributed by atoms with van der Waals surface area (Å²) in [5.74, 6) is 0.829. The molecule has 0 aliphatic carbocycles. The van der Waals surface area contributed by atoms with E-state index in [4.69, 9.17) is 10.5 Å². The fraction of sp³-hybridized carbons (Fsp3) is 0.600. The maximum atomic E-state index is 9.26. The summed E-state index contributed by atoms with van der Waals surface area (Å²) >= 11 is 0. The second-order valence-corrected chi connectivity index (χ2v) is 5.14. The van der Waals surface area contributed by atoms with Gasteiger partial charge < -0.3 is 15.6 Å². The lowest BCUT2D eigenvalue weighted by atomic mass is 9.97. The van der Waals surface area contributed by atoms with Gasteiger partial charge in [-0.1, -0.05) is 12.1 Å². The highest BCUT2D eigenvalue weighted by Crippen LogP contribution is 2.27. The Labute approximate surface area is 116 Å². The summed E-state index contributed by atoms with van der Waals surface area (Å²) in [5.41, 5.74) is 7.29. The molecule has 0 amide bonds. The molecule has 0 aliphatic rings. The molecule has 0 aliphatic heterocycles. The molecule has 0 spiro atoms. The van der Waals surface area contributed by atoms with Crippen molar-refractivity contribution in [3.05, 3.63) is 29.8 Å². The van der Waals surface area contributed by atoms with Crippen LogP contribution in [0.2, 0.25) is 0 Å². The predicted octanol–water partition coefficient (Wildman–Crippen LogP) is 1.79. The monoisotopic (exact) mass is 266 g/mol. The highest BCUT2D eigenvalue weighted by molar-refractivity contribution is 5.31. The number of benzene rings is 1. The molecule has 1 aromatic rings. The first-order valence-electron chi connectivity index (χ1n) is 6.77. The SMILES string of the molecule is COc1cccc(C(C(C)N)N(CCO)C(C)C)c1. The zero-order valence-electron chi connectivity index (χ0n) is 12.3. The topological polar surface area (TPSA) is 58.7 Å². The van der Waals surface area contributed by atoms with Gasteiger partial charge in [-0.15, -0.1) is 0 Å². The van der Waals surface area contributed by atoms with Crippen molar-refractivity contribution in [1.82, 2.24) is 4.90 Å². The largest absolute Gasteiger partial charge is 0.497 e. The molecule has 0 radical (unpaired) electrons. The normalized spacial score (nSPS) is 14.7. The summed E-state index contributed by atoms with van der Waals surface area (Å²) in [7, 11) is 1.66. The number of nitrogens with two attached hydrogens (primary N) is 1. The third kappa shape index (κ3) is 4.20. The number of rotatable bonds is 7. The van der Waals surface area contributed by atoms with Gasteiger partial charge in [-0.3, -0.25) is 4.90 Å². The molecule has 108 valence electrons. The smallest absolute Gasteiger partial charge is 0.119 e. The molecule has 0 aromatic heterocycles. The minimum absolute atomic E-state index is 0.0268. The molecule has 4 nitrogen and oxygen atoms in total.